The van der Waals surface area contributed by atoms with Gasteiger partial charge in [0, 0.05) is 17.4 Å². The molecule has 1 saturated carbocycles. The minimum atomic E-state index is -1.92. The molecule has 13 nitrogen and oxygen atoms in total. The molecule has 0 unspecified atom stereocenters. The summed E-state index contributed by atoms with van der Waals surface area (Å²) in [5.74, 6) is 0.562. The SMILES string of the molecule is Cc1ccc2c(c1)[C@]1(C[C@H]1c1ccc3c(Nc4cc(OCCO[Si](C)(C)C(C)(C)C)ncn4)nn(C(=O)OC(C)(C)C)c3c1)C(=O)N2C(=O)OC(C)(C)C. The predicted octanol–water partition coefficient (Wildman–Crippen LogP) is 8.77. The van der Waals surface area contributed by atoms with Crippen molar-refractivity contribution in [2.24, 2.45) is 0 Å². The average Bonchev–Trinajstić information content (AvgIpc) is 3.63. The topological polar surface area (TPSA) is 147 Å². The van der Waals surface area contributed by atoms with Crippen LogP contribution in [0.15, 0.2) is 48.8 Å². The summed E-state index contributed by atoms with van der Waals surface area (Å²) in [5, 5.41) is 8.59. The molecule has 1 aliphatic heterocycles. The number of nitrogens with one attached hydrogen (secondary N) is 1. The van der Waals surface area contributed by atoms with E-state index in [0.29, 0.717) is 53.7 Å². The smallest absolute Gasteiger partial charge is 0.435 e. The number of rotatable bonds is 8. The van der Waals surface area contributed by atoms with Crippen LogP contribution in [0, 0.1) is 6.92 Å². The predicted molar refractivity (Wildman–Crippen MR) is 209 cm³/mol. The maximum absolute atomic E-state index is 14.3. The molecule has 0 bridgehead atoms. The van der Waals surface area contributed by atoms with E-state index in [0.717, 1.165) is 16.7 Å². The van der Waals surface area contributed by atoms with Gasteiger partial charge in [-0.25, -0.2) is 24.5 Å². The van der Waals surface area contributed by atoms with E-state index in [9.17, 15) is 14.4 Å². The van der Waals surface area contributed by atoms with Crippen LogP contribution in [0.3, 0.4) is 0 Å². The van der Waals surface area contributed by atoms with E-state index in [2.05, 4.69) is 54.2 Å². The van der Waals surface area contributed by atoms with Gasteiger partial charge >= 0.3 is 12.2 Å². The fourth-order valence-corrected chi connectivity index (χ4v) is 7.49. The molecule has 54 heavy (non-hydrogen) atoms. The second-order valence-corrected chi connectivity index (χ2v) is 22.5. The Kier molecular flexibility index (Phi) is 9.71. The molecule has 2 amide bonds. The summed E-state index contributed by atoms with van der Waals surface area (Å²) in [4.78, 5) is 51.0. The first-order chi connectivity index (χ1) is 25.0. The van der Waals surface area contributed by atoms with E-state index >= 15 is 0 Å². The first-order valence-electron chi connectivity index (χ1n) is 18.3. The zero-order valence-corrected chi connectivity index (χ0v) is 34.4. The number of carbonyl (C=O) groups excluding carboxylic acids is 3. The number of aromatic nitrogens is 4. The molecular formula is C40H52N6O7Si. The zero-order valence-electron chi connectivity index (χ0n) is 33.4. The Labute approximate surface area is 317 Å². The number of hydrogen-bond donors (Lipinski definition) is 1. The van der Waals surface area contributed by atoms with Gasteiger partial charge in [0.15, 0.2) is 14.1 Å². The van der Waals surface area contributed by atoms with Crippen molar-refractivity contribution in [3.05, 3.63) is 65.5 Å². The normalized spacial score (nSPS) is 18.6. The van der Waals surface area contributed by atoms with Crippen molar-refractivity contribution >= 4 is 54.6 Å². The summed E-state index contributed by atoms with van der Waals surface area (Å²) in [6.45, 7) is 24.4. The number of anilines is 3. The fraction of sp³-hybridized carbons (Fsp3) is 0.500. The Hall–Kier alpha value is -4.82. The number of imide groups is 1. The van der Waals surface area contributed by atoms with Gasteiger partial charge in [0.1, 0.15) is 30.0 Å². The number of aryl methyl sites for hydroxylation is 1. The van der Waals surface area contributed by atoms with E-state index in [1.54, 1.807) is 47.6 Å². The molecule has 1 aliphatic carbocycles. The number of amides is 2. The first-order valence-corrected chi connectivity index (χ1v) is 21.2. The quantitative estimate of drug-likeness (QED) is 0.136. The monoisotopic (exact) mass is 756 g/mol. The van der Waals surface area contributed by atoms with Crippen LogP contribution >= 0.6 is 0 Å². The largest absolute Gasteiger partial charge is 0.475 e. The van der Waals surface area contributed by atoms with Crippen molar-refractivity contribution in [3.63, 3.8) is 0 Å². The molecule has 0 radical (unpaired) electrons. The number of carbonyl (C=O) groups is 3. The van der Waals surface area contributed by atoms with Crippen LogP contribution in [-0.4, -0.2) is 70.6 Å². The van der Waals surface area contributed by atoms with Gasteiger partial charge in [0.25, 0.3) is 0 Å². The molecule has 2 aliphatic rings. The lowest BCUT2D eigenvalue weighted by atomic mass is 9.91. The molecule has 6 rings (SSSR count). The Balaban J connectivity index is 1.30. The Morgan fingerprint density at radius 2 is 1.59 bits per heavy atom. The van der Waals surface area contributed by atoms with Gasteiger partial charge in [-0.15, -0.1) is 5.10 Å². The summed E-state index contributed by atoms with van der Waals surface area (Å²) in [6.07, 6.45) is 0.518. The minimum Gasteiger partial charge on any atom is -0.475 e. The van der Waals surface area contributed by atoms with Crippen molar-refractivity contribution in [3.8, 4) is 5.88 Å². The van der Waals surface area contributed by atoms with E-state index < -0.39 is 37.1 Å². The summed E-state index contributed by atoms with van der Waals surface area (Å²) < 4.78 is 24.8. The summed E-state index contributed by atoms with van der Waals surface area (Å²) in [6, 6.07) is 13.0. The summed E-state index contributed by atoms with van der Waals surface area (Å²) >= 11 is 0. The van der Waals surface area contributed by atoms with Crippen molar-refractivity contribution < 1.29 is 33.0 Å². The highest BCUT2D eigenvalue weighted by molar-refractivity contribution is 6.74. The first kappa shape index (κ1) is 38.9. The molecule has 1 N–H and O–H groups in total. The van der Waals surface area contributed by atoms with Gasteiger partial charge < -0.3 is 24.0 Å². The highest BCUT2D eigenvalue weighted by Crippen LogP contribution is 2.66. The van der Waals surface area contributed by atoms with Gasteiger partial charge in [0.05, 0.1) is 23.2 Å². The Bertz CT molecular complexity index is 2130. The number of ether oxygens (including phenoxy) is 3. The van der Waals surface area contributed by atoms with Crippen molar-refractivity contribution in [1.29, 1.82) is 0 Å². The second-order valence-electron chi connectivity index (χ2n) is 17.7. The summed E-state index contributed by atoms with van der Waals surface area (Å²) in [7, 11) is -1.92. The lowest BCUT2D eigenvalue weighted by Crippen LogP contribution is -2.41. The average molecular weight is 757 g/mol. The zero-order chi connectivity index (χ0) is 39.6. The van der Waals surface area contributed by atoms with Crippen molar-refractivity contribution in [1.82, 2.24) is 19.7 Å². The molecule has 288 valence electrons. The van der Waals surface area contributed by atoms with Crippen molar-refractivity contribution in [2.75, 3.05) is 23.4 Å². The van der Waals surface area contributed by atoms with E-state index in [1.165, 1.54) is 15.9 Å². The summed E-state index contributed by atoms with van der Waals surface area (Å²) in [5.41, 5.74) is 1.10. The number of benzene rings is 2. The lowest BCUT2D eigenvalue weighted by Gasteiger charge is -2.36. The molecule has 2 aromatic heterocycles. The number of nitrogens with zero attached hydrogens (tertiary/aromatic N) is 5. The van der Waals surface area contributed by atoms with Crippen LogP contribution < -0.4 is 15.0 Å². The highest BCUT2D eigenvalue weighted by Gasteiger charge is 2.68. The molecule has 2 atom stereocenters. The third kappa shape index (κ3) is 7.58. The molecule has 0 saturated heterocycles. The molecule has 1 spiro atoms. The molecular weight excluding hydrogens is 705 g/mol. The minimum absolute atomic E-state index is 0.0901. The Morgan fingerprint density at radius 1 is 0.907 bits per heavy atom. The molecule has 2 aromatic carbocycles. The number of hydrogen-bond acceptors (Lipinski definition) is 11. The third-order valence-corrected chi connectivity index (χ3v) is 14.7. The van der Waals surface area contributed by atoms with Gasteiger partial charge in [-0.1, -0.05) is 44.5 Å². The van der Waals surface area contributed by atoms with E-state index in [4.69, 9.17) is 18.6 Å². The van der Waals surface area contributed by atoms with Crippen LogP contribution in [0.5, 0.6) is 5.88 Å². The Morgan fingerprint density at radius 3 is 2.26 bits per heavy atom. The standard InChI is InChI=1S/C40H52N6O7Si/c1-24-13-16-29-27(19-24)40(34(47)45(29)35(48)52-37(2,3)4)22-28(40)25-14-15-26-30(20-25)46(36(49)53-38(5,6)7)44-33(26)43-31-21-32(42-23-41-31)50-17-18-51-54(11,12)39(8,9)10/h13-16,19-21,23,28H,17-18,22H2,1-12H3,(H,41,42,43,44)/t28-,40-/m0/s1. The van der Waals surface area contributed by atoms with E-state index in [-0.39, 0.29) is 16.9 Å². The molecule has 3 heterocycles. The van der Waals surface area contributed by atoms with Crippen LogP contribution in [0.4, 0.5) is 26.9 Å². The third-order valence-electron chi connectivity index (χ3n) is 10.2. The van der Waals surface area contributed by atoms with Crippen LogP contribution in [0.25, 0.3) is 10.9 Å². The van der Waals surface area contributed by atoms with Crippen LogP contribution in [0.2, 0.25) is 18.1 Å². The van der Waals surface area contributed by atoms with Crippen molar-refractivity contribution in [2.45, 2.75) is 116 Å². The van der Waals surface area contributed by atoms with Gasteiger partial charge in [-0.3, -0.25) is 4.79 Å². The number of fused-ring (bicyclic) bond motifs is 3. The van der Waals surface area contributed by atoms with Gasteiger partial charge in [-0.2, -0.15) is 4.68 Å². The molecule has 1 fully saturated rings. The molecule has 4 aromatic rings. The maximum Gasteiger partial charge on any atom is 0.435 e. The fourth-order valence-electron chi connectivity index (χ4n) is 6.47. The molecule has 14 heteroatoms. The lowest BCUT2D eigenvalue weighted by molar-refractivity contribution is -0.120. The maximum atomic E-state index is 14.3. The highest BCUT2D eigenvalue weighted by atomic mass is 28.4. The van der Waals surface area contributed by atoms with Gasteiger partial charge in [-0.05, 0) is 102 Å². The van der Waals surface area contributed by atoms with Crippen LogP contribution in [-0.2, 0) is 24.1 Å². The van der Waals surface area contributed by atoms with Crippen LogP contribution in [0.1, 0.15) is 91.3 Å². The van der Waals surface area contributed by atoms with E-state index in [1.807, 2.05) is 43.3 Å². The van der Waals surface area contributed by atoms with Gasteiger partial charge in [0.2, 0.25) is 11.8 Å². The second kappa shape index (κ2) is 13.5.